The van der Waals surface area contributed by atoms with Crippen LogP contribution in [0.1, 0.15) is 68.2 Å². The quantitative estimate of drug-likeness (QED) is 0.155. The first-order chi connectivity index (χ1) is 31.5. The molecule has 0 unspecified atom stereocenters. The first-order valence-electron chi connectivity index (χ1n) is 23.2. The van der Waals surface area contributed by atoms with Crippen LogP contribution in [0.15, 0.2) is 212 Å². The Morgan fingerprint density at radius 3 is 1.56 bits per heavy atom. The molecule has 9 aromatic carbocycles. The van der Waals surface area contributed by atoms with Crippen LogP contribution in [0.4, 0.5) is 17.1 Å². The van der Waals surface area contributed by atoms with Gasteiger partial charge in [0, 0.05) is 27.9 Å². The summed E-state index contributed by atoms with van der Waals surface area (Å²) in [7, 11) is 0. The number of rotatable bonds is 7. The summed E-state index contributed by atoms with van der Waals surface area (Å²) < 4.78 is 0. The van der Waals surface area contributed by atoms with Gasteiger partial charge in [0.15, 0.2) is 0 Å². The molecule has 1 spiro atoms. The van der Waals surface area contributed by atoms with E-state index in [1.54, 1.807) is 0 Å². The van der Waals surface area contributed by atoms with Gasteiger partial charge in [-0.2, -0.15) is 0 Å². The van der Waals surface area contributed by atoms with Crippen molar-refractivity contribution >= 4 is 17.1 Å². The fourth-order valence-corrected chi connectivity index (χ4v) is 11.9. The molecule has 12 rings (SSSR count). The van der Waals surface area contributed by atoms with E-state index in [-0.39, 0.29) is 10.8 Å². The molecule has 3 aliphatic rings. The van der Waals surface area contributed by atoms with Gasteiger partial charge in [-0.05, 0) is 138 Å². The van der Waals surface area contributed by atoms with Crippen molar-refractivity contribution in [3.63, 3.8) is 0 Å². The Balaban J connectivity index is 1.05. The van der Waals surface area contributed by atoms with Crippen LogP contribution in [-0.2, 0) is 10.8 Å². The number of anilines is 3. The zero-order chi connectivity index (χ0) is 42.8. The van der Waals surface area contributed by atoms with E-state index in [1.807, 2.05) is 0 Å². The number of hydrogen-bond donors (Lipinski definition) is 0. The molecule has 0 heterocycles. The molecule has 3 aliphatic carbocycles. The summed E-state index contributed by atoms with van der Waals surface area (Å²) in [5.74, 6) is 0. The van der Waals surface area contributed by atoms with Crippen molar-refractivity contribution in [1.82, 2.24) is 0 Å². The van der Waals surface area contributed by atoms with Crippen LogP contribution in [-0.4, -0.2) is 0 Å². The average Bonchev–Trinajstić information content (AvgIpc) is 3.76. The summed E-state index contributed by atoms with van der Waals surface area (Å²) in [6, 6.07) is 79.6. The van der Waals surface area contributed by atoms with Crippen molar-refractivity contribution in [3.8, 4) is 66.8 Å². The predicted octanol–water partition coefficient (Wildman–Crippen LogP) is 17.4. The van der Waals surface area contributed by atoms with E-state index in [9.17, 15) is 0 Å². The van der Waals surface area contributed by atoms with Crippen molar-refractivity contribution in [2.75, 3.05) is 4.90 Å². The van der Waals surface area contributed by atoms with Crippen molar-refractivity contribution in [1.29, 1.82) is 0 Å². The first kappa shape index (κ1) is 38.5. The zero-order valence-corrected chi connectivity index (χ0v) is 36.7. The number of nitrogens with zero attached hydrogens (tertiary/aromatic N) is 1. The van der Waals surface area contributed by atoms with Crippen molar-refractivity contribution in [2.45, 2.75) is 56.8 Å². The summed E-state index contributed by atoms with van der Waals surface area (Å²) >= 11 is 0. The monoisotopic (exact) mass is 821 g/mol. The molecule has 0 bridgehead atoms. The third-order valence-electron chi connectivity index (χ3n) is 14.9. The van der Waals surface area contributed by atoms with E-state index in [4.69, 9.17) is 0 Å². The van der Waals surface area contributed by atoms with Gasteiger partial charge in [0.05, 0.1) is 0 Å². The molecule has 0 aliphatic heterocycles. The van der Waals surface area contributed by atoms with Gasteiger partial charge in [-0.3, -0.25) is 0 Å². The van der Waals surface area contributed by atoms with Gasteiger partial charge in [0.2, 0.25) is 0 Å². The fraction of sp³-hybridized carbons (Fsp3) is 0.143. The normalized spacial score (nSPS) is 15.0. The molecule has 1 nitrogen and oxygen atoms in total. The van der Waals surface area contributed by atoms with Crippen LogP contribution < -0.4 is 4.90 Å². The Morgan fingerprint density at radius 1 is 0.312 bits per heavy atom. The van der Waals surface area contributed by atoms with Gasteiger partial charge in [-0.15, -0.1) is 0 Å². The van der Waals surface area contributed by atoms with E-state index in [2.05, 4.69) is 231 Å². The Morgan fingerprint density at radius 2 is 0.812 bits per heavy atom. The number of benzene rings is 9. The third-order valence-corrected chi connectivity index (χ3v) is 14.9. The zero-order valence-electron chi connectivity index (χ0n) is 36.7. The molecule has 64 heavy (non-hydrogen) atoms. The predicted molar refractivity (Wildman–Crippen MR) is 270 cm³/mol. The van der Waals surface area contributed by atoms with E-state index < -0.39 is 0 Å². The molecule has 0 N–H and O–H groups in total. The van der Waals surface area contributed by atoms with Gasteiger partial charge < -0.3 is 4.90 Å². The lowest BCUT2D eigenvalue weighted by Crippen LogP contribution is -2.28. The Kier molecular flexibility index (Phi) is 9.16. The van der Waals surface area contributed by atoms with E-state index in [1.165, 1.54) is 127 Å². The second kappa shape index (κ2) is 15.2. The Bertz CT molecular complexity index is 3200. The van der Waals surface area contributed by atoms with Crippen LogP contribution in [0.3, 0.4) is 0 Å². The van der Waals surface area contributed by atoms with Crippen LogP contribution >= 0.6 is 0 Å². The molecule has 1 saturated carbocycles. The lowest BCUT2D eigenvalue weighted by atomic mass is 9.68. The molecule has 1 heteroatoms. The maximum atomic E-state index is 2.56. The molecule has 9 aromatic rings. The summed E-state index contributed by atoms with van der Waals surface area (Å²) in [5.41, 5.74) is 24.5. The van der Waals surface area contributed by atoms with Gasteiger partial charge >= 0.3 is 0 Å². The van der Waals surface area contributed by atoms with Gasteiger partial charge in [-0.1, -0.05) is 209 Å². The molecule has 1 fully saturated rings. The molecule has 0 aromatic heterocycles. The first-order valence-corrected chi connectivity index (χ1v) is 23.2. The fourth-order valence-electron chi connectivity index (χ4n) is 11.9. The van der Waals surface area contributed by atoms with E-state index in [0.29, 0.717) is 0 Å². The van der Waals surface area contributed by atoms with Crippen molar-refractivity contribution < 1.29 is 0 Å². The molecule has 0 atom stereocenters. The minimum atomic E-state index is -0.124. The van der Waals surface area contributed by atoms with Gasteiger partial charge in [0.1, 0.15) is 0 Å². The standard InChI is InChI=1S/C63H51N/c1-62(2)58-28-12-10-25-54(58)56-27-17-26-52(61(56)62)47-22-16-23-48(40-47)64(50-35-37-55-53-24-11-13-29-59(53)63(60(55)42-50)38-14-5-15-39-63)49-34-36-51(57(41-49)45-20-8-4-9-21-45)46-32-30-44(31-33-46)43-18-6-3-7-19-43/h3-4,6-13,16-37,40-42H,5,14-15,38-39H2,1-2H3. The SMILES string of the molecule is CC1(C)c2ccccc2-c2cccc(-c3cccc(N(c4ccc(-c5ccc(-c6ccccc6)cc5)c(-c5ccccc5)c4)c4ccc5c(c4)C4(CCCCC4)c4ccccc4-5)c3)c21. The van der Waals surface area contributed by atoms with Gasteiger partial charge in [-0.25, -0.2) is 0 Å². The van der Waals surface area contributed by atoms with E-state index >= 15 is 0 Å². The minimum absolute atomic E-state index is 0.0455. The minimum Gasteiger partial charge on any atom is -0.310 e. The van der Waals surface area contributed by atoms with Crippen LogP contribution in [0.25, 0.3) is 66.8 Å². The lowest BCUT2D eigenvalue weighted by molar-refractivity contribution is 0.353. The highest BCUT2D eigenvalue weighted by molar-refractivity contribution is 5.93. The Labute approximate surface area is 378 Å². The second-order valence-electron chi connectivity index (χ2n) is 18.7. The molecule has 0 amide bonds. The average molecular weight is 822 g/mol. The van der Waals surface area contributed by atoms with E-state index in [0.717, 1.165) is 11.4 Å². The van der Waals surface area contributed by atoms with Crippen molar-refractivity contribution in [2.24, 2.45) is 0 Å². The highest BCUT2D eigenvalue weighted by Crippen LogP contribution is 2.57. The van der Waals surface area contributed by atoms with Crippen molar-refractivity contribution in [3.05, 3.63) is 235 Å². The maximum absolute atomic E-state index is 2.56. The highest BCUT2D eigenvalue weighted by Gasteiger charge is 2.44. The van der Waals surface area contributed by atoms with Crippen LogP contribution in [0, 0.1) is 0 Å². The van der Waals surface area contributed by atoms with Crippen LogP contribution in [0.5, 0.6) is 0 Å². The summed E-state index contributed by atoms with van der Waals surface area (Å²) in [4.78, 5) is 2.53. The number of fused-ring (bicyclic) bond motifs is 8. The smallest absolute Gasteiger partial charge is 0.0468 e. The summed E-state index contributed by atoms with van der Waals surface area (Å²) in [6.07, 6.45) is 6.23. The molecule has 0 radical (unpaired) electrons. The molecule has 0 saturated heterocycles. The largest absolute Gasteiger partial charge is 0.310 e. The summed E-state index contributed by atoms with van der Waals surface area (Å²) in [6.45, 7) is 4.78. The maximum Gasteiger partial charge on any atom is 0.0468 e. The highest BCUT2D eigenvalue weighted by atomic mass is 15.1. The second-order valence-corrected chi connectivity index (χ2v) is 18.7. The van der Waals surface area contributed by atoms with Crippen LogP contribution in [0.2, 0.25) is 0 Å². The third kappa shape index (κ3) is 6.13. The topological polar surface area (TPSA) is 3.24 Å². The lowest BCUT2D eigenvalue weighted by Gasteiger charge is -2.36. The van der Waals surface area contributed by atoms with Gasteiger partial charge in [0.25, 0.3) is 0 Å². The summed E-state index contributed by atoms with van der Waals surface area (Å²) in [5, 5.41) is 0. The molecule has 308 valence electrons. The molecular formula is C63H51N. The number of hydrogen-bond acceptors (Lipinski definition) is 1. The molecular weight excluding hydrogens is 771 g/mol. The Hall–Kier alpha value is -7.22.